The molecule has 0 aromatic heterocycles. The minimum Gasteiger partial charge on any atom is -0.462 e. The molecule has 0 aliphatic carbocycles. The van der Waals surface area contributed by atoms with Crippen LogP contribution in [0.2, 0.25) is 0 Å². The van der Waals surface area contributed by atoms with Crippen LogP contribution in [0, 0.1) is 0 Å². The number of nitrogens with zero attached hydrogens (tertiary/aromatic N) is 1. The van der Waals surface area contributed by atoms with Crippen LogP contribution in [0.5, 0.6) is 0 Å². The first-order chi connectivity index (χ1) is 10.3. The molecule has 2 unspecified atom stereocenters. The van der Waals surface area contributed by atoms with Crippen molar-refractivity contribution in [3.63, 3.8) is 0 Å². The van der Waals surface area contributed by atoms with Crippen LogP contribution in [0.15, 0.2) is 24.3 Å². The molecule has 2 heterocycles. The number of carbonyl (C=O) groups is 1. The summed E-state index contributed by atoms with van der Waals surface area (Å²) in [6.07, 6.45) is 4.69. The van der Waals surface area contributed by atoms with Crippen LogP contribution in [0.1, 0.15) is 43.0 Å². The Morgan fingerprint density at radius 1 is 1.29 bits per heavy atom. The zero-order chi connectivity index (χ0) is 14.7. The second-order valence-electron chi connectivity index (χ2n) is 6.00. The third-order valence-electron chi connectivity index (χ3n) is 4.52. The van der Waals surface area contributed by atoms with Gasteiger partial charge in [0.25, 0.3) is 0 Å². The third-order valence-corrected chi connectivity index (χ3v) is 4.52. The summed E-state index contributed by atoms with van der Waals surface area (Å²) in [5, 5.41) is 3.63. The maximum absolute atomic E-state index is 11.8. The first-order valence-corrected chi connectivity index (χ1v) is 8.05. The molecule has 2 fully saturated rings. The molecule has 4 nitrogen and oxygen atoms in total. The quantitative estimate of drug-likeness (QED) is 0.846. The molecule has 0 bridgehead atoms. The van der Waals surface area contributed by atoms with Crippen LogP contribution in [0.3, 0.4) is 0 Å². The van der Waals surface area contributed by atoms with Gasteiger partial charge in [0.15, 0.2) is 0 Å². The number of ether oxygens (including phenoxy) is 1. The van der Waals surface area contributed by atoms with Gasteiger partial charge in [0.2, 0.25) is 0 Å². The molecule has 1 N–H and O–H groups in total. The molecular formula is C17H24N2O2. The van der Waals surface area contributed by atoms with E-state index in [0.717, 1.165) is 12.1 Å². The van der Waals surface area contributed by atoms with E-state index in [4.69, 9.17) is 4.74 Å². The van der Waals surface area contributed by atoms with Crippen molar-refractivity contribution >= 4 is 11.7 Å². The lowest BCUT2D eigenvalue weighted by atomic mass is 10.1. The first kappa shape index (κ1) is 14.4. The van der Waals surface area contributed by atoms with Crippen LogP contribution in [-0.2, 0) is 4.74 Å². The zero-order valence-corrected chi connectivity index (χ0v) is 12.7. The fraction of sp³-hybridized carbons (Fsp3) is 0.588. The van der Waals surface area contributed by atoms with Gasteiger partial charge in [0, 0.05) is 24.3 Å². The summed E-state index contributed by atoms with van der Waals surface area (Å²) >= 11 is 0. The van der Waals surface area contributed by atoms with E-state index in [1.807, 2.05) is 31.2 Å². The number of esters is 1. The number of carbonyl (C=O) groups excluding carboxylic acids is 1. The molecule has 3 rings (SSSR count). The van der Waals surface area contributed by atoms with E-state index >= 15 is 0 Å². The number of nitrogens with one attached hydrogen (secondary N) is 1. The molecule has 1 aromatic rings. The monoisotopic (exact) mass is 288 g/mol. The molecule has 21 heavy (non-hydrogen) atoms. The van der Waals surface area contributed by atoms with E-state index < -0.39 is 0 Å². The van der Waals surface area contributed by atoms with E-state index in [1.165, 1.54) is 32.4 Å². The van der Waals surface area contributed by atoms with E-state index in [1.54, 1.807) is 0 Å². The van der Waals surface area contributed by atoms with Crippen molar-refractivity contribution in [2.24, 2.45) is 0 Å². The summed E-state index contributed by atoms with van der Waals surface area (Å²) in [6.45, 7) is 4.95. The highest BCUT2D eigenvalue weighted by Gasteiger charge is 2.36. The third kappa shape index (κ3) is 3.21. The van der Waals surface area contributed by atoms with E-state index in [-0.39, 0.29) is 5.97 Å². The van der Waals surface area contributed by atoms with Gasteiger partial charge in [0.05, 0.1) is 12.2 Å². The molecule has 0 amide bonds. The first-order valence-electron chi connectivity index (χ1n) is 8.05. The number of fused-ring (bicyclic) bond motifs is 1. The molecule has 2 atom stereocenters. The van der Waals surface area contributed by atoms with Gasteiger partial charge < -0.3 is 10.1 Å². The Labute approximate surface area is 126 Å². The minimum absolute atomic E-state index is 0.230. The normalized spacial score (nSPS) is 24.8. The van der Waals surface area contributed by atoms with Gasteiger partial charge in [0.1, 0.15) is 0 Å². The fourth-order valence-corrected chi connectivity index (χ4v) is 3.45. The van der Waals surface area contributed by atoms with E-state index in [0.29, 0.717) is 24.3 Å². The lowest BCUT2D eigenvalue weighted by molar-refractivity contribution is 0.0505. The predicted octanol–water partition coefficient (Wildman–Crippen LogP) is 2.90. The van der Waals surface area contributed by atoms with Gasteiger partial charge in [-0.2, -0.15) is 0 Å². The molecule has 2 saturated heterocycles. The molecule has 2 aliphatic heterocycles. The van der Waals surface area contributed by atoms with Crippen molar-refractivity contribution in [1.29, 1.82) is 0 Å². The van der Waals surface area contributed by atoms with Crippen LogP contribution in [-0.4, -0.2) is 42.6 Å². The number of rotatable bonds is 5. The zero-order valence-electron chi connectivity index (χ0n) is 12.7. The average molecular weight is 288 g/mol. The molecule has 2 aliphatic rings. The van der Waals surface area contributed by atoms with Gasteiger partial charge in [-0.25, -0.2) is 4.79 Å². The second kappa shape index (κ2) is 6.48. The number of benzene rings is 1. The summed E-state index contributed by atoms with van der Waals surface area (Å²) in [6, 6.07) is 8.91. The Balaban J connectivity index is 1.58. The summed E-state index contributed by atoms with van der Waals surface area (Å²) < 4.78 is 5.14. The predicted molar refractivity (Wildman–Crippen MR) is 83.6 cm³/mol. The highest BCUT2D eigenvalue weighted by molar-refractivity contribution is 5.89. The van der Waals surface area contributed by atoms with Crippen molar-refractivity contribution < 1.29 is 9.53 Å². The molecule has 0 radical (unpaired) electrons. The SMILES string of the molecule is CCCOC(=O)c1ccc(NC2CCN3CCCC23)cc1. The maximum Gasteiger partial charge on any atom is 0.338 e. The second-order valence-corrected chi connectivity index (χ2v) is 6.00. The Bertz CT molecular complexity index is 486. The Hall–Kier alpha value is -1.55. The largest absolute Gasteiger partial charge is 0.462 e. The van der Waals surface area contributed by atoms with Crippen LogP contribution in [0.4, 0.5) is 5.69 Å². The Morgan fingerprint density at radius 3 is 2.86 bits per heavy atom. The van der Waals surface area contributed by atoms with Gasteiger partial charge in [-0.05, 0) is 56.5 Å². The average Bonchev–Trinajstić information content (AvgIpc) is 3.10. The summed E-state index contributed by atoms with van der Waals surface area (Å²) in [5.74, 6) is -0.230. The molecule has 1 aromatic carbocycles. The van der Waals surface area contributed by atoms with Crippen LogP contribution >= 0.6 is 0 Å². The van der Waals surface area contributed by atoms with Gasteiger partial charge >= 0.3 is 5.97 Å². The standard InChI is InChI=1S/C17H24N2O2/c1-2-12-21-17(20)13-5-7-14(8-6-13)18-15-9-11-19-10-3-4-16(15)19/h5-8,15-16,18H,2-4,9-12H2,1H3. The van der Waals surface area contributed by atoms with Crippen LogP contribution < -0.4 is 5.32 Å². The highest BCUT2D eigenvalue weighted by Crippen LogP contribution is 2.30. The lowest BCUT2D eigenvalue weighted by Gasteiger charge is -2.22. The van der Waals surface area contributed by atoms with Crippen molar-refractivity contribution in [1.82, 2.24) is 4.90 Å². The molecule has 0 saturated carbocycles. The summed E-state index contributed by atoms with van der Waals surface area (Å²) in [4.78, 5) is 14.4. The van der Waals surface area contributed by atoms with Gasteiger partial charge in [-0.1, -0.05) is 6.92 Å². The van der Waals surface area contributed by atoms with E-state index in [2.05, 4.69) is 10.2 Å². The number of anilines is 1. The molecular weight excluding hydrogens is 264 g/mol. The van der Waals surface area contributed by atoms with Crippen molar-refractivity contribution in [3.05, 3.63) is 29.8 Å². The maximum atomic E-state index is 11.8. The summed E-state index contributed by atoms with van der Waals surface area (Å²) in [7, 11) is 0. The Morgan fingerprint density at radius 2 is 2.10 bits per heavy atom. The van der Waals surface area contributed by atoms with Crippen molar-refractivity contribution in [2.45, 2.75) is 44.7 Å². The van der Waals surface area contributed by atoms with Crippen molar-refractivity contribution in [3.8, 4) is 0 Å². The molecule has 0 spiro atoms. The highest BCUT2D eigenvalue weighted by atomic mass is 16.5. The smallest absolute Gasteiger partial charge is 0.338 e. The van der Waals surface area contributed by atoms with Crippen LogP contribution in [0.25, 0.3) is 0 Å². The topological polar surface area (TPSA) is 41.6 Å². The van der Waals surface area contributed by atoms with Gasteiger partial charge in [-0.15, -0.1) is 0 Å². The fourth-order valence-electron chi connectivity index (χ4n) is 3.45. The molecule has 4 heteroatoms. The van der Waals surface area contributed by atoms with E-state index in [9.17, 15) is 4.79 Å². The Kier molecular flexibility index (Phi) is 4.44. The summed E-state index contributed by atoms with van der Waals surface area (Å²) in [5.41, 5.74) is 1.73. The minimum atomic E-state index is -0.230. The molecule has 114 valence electrons. The van der Waals surface area contributed by atoms with Crippen molar-refractivity contribution in [2.75, 3.05) is 25.0 Å². The lowest BCUT2D eigenvalue weighted by Crippen LogP contribution is -2.33. The number of hydrogen-bond acceptors (Lipinski definition) is 4. The van der Waals surface area contributed by atoms with Gasteiger partial charge in [-0.3, -0.25) is 4.90 Å². The number of hydrogen-bond donors (Lipinski definition) is 1.